The third-order valence-electron chi connectivity index (χ3n) is 9.84. The summed E-state index contributed by atoms with van der Waals surface area (Å²) in [5.41, 5.74) is -0.947. The Morgan fingerprint density at radius 3 is 2.11 bits per heavy atom. The third kappa shape index (κ3) is 8.80. The molecule has 12 nitrogen and oxygen atoms in total. The zero-order valence-electron chi connectivity index (χ0n) is 29.2. The Morgan fingerprint density at radius 2 is 1.57 bits per heavy atom. The summed E-state index contributed by atoms with van der Waals surface area (Å²) in [6.07, 6.45) is 4.50. The van der Waals surface area contributed by atoms with E-state index in [1.807, 2.05) is 6.92 Å². The topological polar surface area (TPSA) is 168 Å². The molecule has 0 bridgehead atoms. The summed E-state index contributed by atoms with van der Waals surface area (Å²) in [6, 6.07) is -2.86. The normalized spacial score (nSPS) is 24.3. The van der Waals surface area contributed by atoms with Crippen molar-refractivity contribution in [2.45, 2.75) is 136 Å². The summed E-state index contributed by atoms with van der Waals surface area (Å²) in [5, 5.41) is 8.00. The maximum atomic E-state index is 14.3. The molecule has 3 aliphatic rings. The van der Waals surface area contributed by atoms with Crippen LogP contribution in [0.15, 0.2) is 0 Å². The number of hydrogen-bond donors (Lipinski definition) is 3. The quantitative estimate of drug-likeness (QED) is 0.267. The summed E-state index contributed by atoms with van der Waals surface area (Å²) in [5.74, 6) is -3.16. The van der Waals surface area contributed by atoms with Gasteiger partial charge in [-0.3, -0.25) is 19.2 Å². The molecular weight excluding hydrogens is 612 g/mol. The Kier molecular flexibility index (Phi) is 11.6. The predicted octanol–water partition coefficient (Wildman–Crippen LogP) is 3.13. The van der Waals surface area contributed by atoms with E-state index in [2.05, 4.69) is 29.8 Å². The van der Waals surface area contributed by atoms with Crippen LogP contribution in [0.2, 0.25) is 0 Å². The fourth-order valence-electron chi connectivity index (χ4n) is 6.94. The van der Waals surface area contributed by atoms with Gasteiger partial charge in [-0.25, -0.2) is 13.2 Å². The van der Waals surface area contributed by atoms with Crippen LogP contribution in [0, 0.1) is 23.2 Å². The van der Waals surface area contributed by atoms with Gasteiger partial charge in [-0.05, 0) is 84.0 Å². The highest BCUT2D eigenvalue weighted by molar-refractivity contribution is 7.92. The number of rotatable bonds is 12. The van der Waals surface area contributed by atoms with E-state index in [9.17, 15) is 32.4 Å². The average Bonchev–Trinajstić information content (AvgIpc) is 3.26. The molecule has 0 aromatic carbocycles. The van der Waals surface area contributed by atoms with E-state index in [0.717, 1.165) is 32.1 Å². The lowest BCUT2D eigenvalue weighted by Gasteiger charge is -2.37. The van der Waals surface area contributed by atoms with E-state index < -0.39 is 62.0 Å². The predicted molar refractivity (Wildman–Crippen MR) is 174 cm³/mol. The van der Waals surface area contributed by atoms with Gasteiger partial charge in [-0.2, -0.15) is 0 Å². The minimum atomic E-state index is -3.51. The van der Waals surface area contributed by atoms with Crippen LogP contribution in [0.25, 0.3) is 0 Å². The van der Waals surface area contributed by atoms with Crippen LogP contribution in [0.3, 0.4) is 0 Å². The molecule has 4 amide bonds. The summed E-state index contributed by atoms with van der Waals surface area (Å²) in [6.45, 7) is 16.0. The number of fused-ring (bicyclic) bond motifs is 1. The molecule has 0 radical (unpaired) electrons. The minimum absolute atomic E-state index is 0.0779. The van der Waals surface area contributed by atoms with Crippen LogP contribution in [0.5, 0.6) is 0 Å². The lowest BCUT2D eigenvalue weighted by molar-refractivity contribution is -0.145. The lowest BCUT2D eigenvalue weighted by Crippen LogP contribution is -2.60. The van der Waals surface area contributed by atoms with Gasteiger partial charge in [-0.1, -0.05) is 46.5 Å². The molecule has 2 saturated carbocycles. The van der Waals surface area contributed by atoms with Crippen molar-refractivity contribution in [3.8, 4) is 0 Å². The Balaban J connectivity index is 1.78. The fraction of sp³-hybridized carbons (Fsp3) is 0.848. The van der Waals surface area contributed by atoms with Crippen LogP contribution in [0.1, 0.15) is 107 Å². The lowest BCUT2D eigenvalue weighted by atomic mass is 9.83. The van der Waals surface area contributed by atoms with E-state index in [4.69, 9.17) is 4.74 Å². The summed E-state index contributed by atoms with van der Waals surface area (Å²) in [4.78, 5) is 68.6. The van der Waals surface area contributed by atoms with Crippen molar-refractivity contribution >= 4 is 39.4 Å². The third-order valence-corrected chi connectivity index (χ3v) is 12.5. The van der Waals surface area contributed by atoms with E-state index >= 15 is 0 Å². The van der Waals surface area contributed by atoms with Crippen molar-refractivity contribution < 1.29 is 37.1 Å². The molecular formula is C33H56N4O8S. The molecule has 0 spiro atoms. The average molecular weight is 669 g/mol. The molecule has 1 saturated heterocycles. The number of amides is 4. The number of carbonyl (C=O) groups excluding carboxylic acids is 5. The van der Waals surface area contributed by atoms with Crippen LogP contribution in [-0.4, -0.2) is 90.2 Å². The summed E-state index contributed by atoms with van der Waals surface area (Å²) >= 11 is 0. The molecule has 1 heterocycles. The van der Waals surface area contributed by atoms with Gasteiger partial charge in [0.1, 0.15) is 17.7 Å². The van der Waals surface area contributed by atoms with Gasteiger partial charge >= 0.3 is 6.09 Å². The Hall–Kier alpha value is -2.70. The molecule has 0 aromatic rings. The molecule has 3 N–H and O–H groups in total. The summed E-state index contributed by atoms with van der Waals surface area (Å²) in [7, 11) is -3.51. The van der Waals surface area contributed by atoms with Gasteiger partial charge in [0.25, 0.3) is 5.91 Å². The largest absolute Gasteiger partial charge is 0.444 e. The van der Waals surface area contributed by atoms with E-state index in [1.54, 1.807) is 46.4 Å². The Bertz CT molecular complexity index is 1280. The van der Waals surface area contributed by atoms with E-state index in [1.165, 1.54) is 0 Å². The van der Waals surface area contributed by atoms with Crippen molar-refractivity contribution in [3.63, 3.8) is 0 Å². The van der Waals surface area contributed by atoms with Crippen molar-refractivity contribution in [3.05, 3.63) is 0 Å². The maximum absolute atomic E-state index is 14.3. The number of ketones is 1. The number of piperidine rings is 1. The maximum Gasteiger partial charge on any atom is 0.408 e. The molecule has 3 rings (SSSR count). The zero-order chi connectivity index (χ0) is 34.8. The van der Waals surface area contributed by atoms with E-state index in [0.29, 0.717) is 13.0 Å². The number of ether oxygens (including phenoxy) is 1. The highest BCUT2D eigenvalue weighted by Gasteiger charge is 2.69. The van der Waals surface area contributed by atoms with Crippen molar-refractivity contribution in [1.82, 2.24) is 20.9 Å². The molecule has 2 aliphatic carbocycles. The number of sulfone groups is 1. The monoisotopic (exact) mass is 668 g/mol. The smallest absolute Gasteiger partial charge is 0.408 e. The molecule has 3 fully saturated rings. The molecule has 5 atom stereocenters. The van der Waals surface area contributed by atoms with Crippen molar-refractivity contribution in [2.24, 2.45) is 23.2 Å². The first-order valence-electron chi connectivity index (χ1n) is 16.8. The molecule has 46 heavy (non-hydrogen) atoms. The van der Waals surface area contributed by atoms with Crippen molar-refractivity contribution in [2.75, 3.05) is 18.8 Å². The second kappa shape index (κ2) is 14.2. The van der Waals surface area contributed by atoms with Gasteiger partial charge < -0.3 is 25.6 Å². The zero-order valence-corrected chi connectivity index (χ0v) is 30.0. The first kappa shape index (κ1) is 37.8. The Labute approximate surface area is 274 Å². The van der Waals surface area contributed by atoms with Crippen LogP contribution >= 0.6 is 0 Å². The minimum Gasteiger partial charge on any atom is -0.444 e. The fourth-order valence-corrected chi connectivity index (χ4v) is 7.92. The van der Waals surface area contributed by atoms with Gasteiger partial charge in [0.2, 0.25) is 17.6 Å². The highest BCUT2D eigenvalue weighted by atomic mass is 32.2. The van der Waals surface area contributed by atoms with Gasteiger partial charge in [0.15, 0.2) is 9.84 Å². The molecule has 1 aliphatic heterocycles. The molecule has 13 heteroatoms. The number of carbonyl (C=O) groups is 5. The number of likely N-dealkylation sites (tertiary alicyclic amines) is 1. The summed E-state index contributed by atoms with van der Waals surface area (Å²) < 4.78 is 29.3. The number of nitrogens with one attached hydrogen (secondary N) is 3. The van der Waals surface area contributed by atoms with Gasteiger partial charge in [0.05, 0.1) is 16.5 Å². The molecule has 2 unspecified atom stereocenters. The second-order valence-electron chi connectivity index (χ2n) is 15.8. The molecule has 262 valence electrons. The first-order valence-corrected chi connectivity index (χ1v) is 18.4. The second-order valence-corrected chi connectivity index (χ2v) is 18.7. The number of hydrogen-bond acceptors (Lipinski definition) is 8. The highest BCUT2D eigenvalue weighted by Crippen LogP contribution is 2.65. The van der Waals surface area contributed by atoms with Crippen molar-refractivity contribution in [1.29, 1.82) is 0 Å². The first-order chi connectivity index (χ1) is 21.1. The standard InChI is InChI=1S/C33H56N4O8S/c1-10-14-22(26(38)28(40)34-17-18-46(43,44)32(5,6)7)35-27(39)25-23-21(33(23,8)9)19-37(25)29(41)24(20-15-12-11-13-16-20)36-30(42)45-31(2,3)4/h20-25H,10-19H2,1-9H3,(H,34,40)(H,35,39)(H,36,42)/t21?,22-,23+,24?,25+/m1/s1. The Morgan fingerprint density at radius 1 is 0.957 bits per heavy atom. The van der Waals surface area contributed by atoms with Crippen LogP contribution in [0.4, 0.5) is 4.79 Å². The van der Waals surface area contributed by atoms with Gasteiger partial charge in [-0.15, -0.1) is 0 Å². The number of alkyl carbamates (subject to hydrolysis) is 1. The van der Waals surface area contributed by atoms with E-state index in [-0.39, 0.29) is 47.8 Å². The number of Topliss-reactive ketones (excluding diaryl/α,β-unsaturated/α-hetero) is 1. The van der Waals surface area contributed by atoms with Crippen LogP contribution < -0.4 is 16.0 Å². The number of nitrogens with zero attached hydrogens (tertiary/aromatic N) is 1. The van der Waals surface area contributed by atoms with Crippen LogP contribution in [-0.2, 0) is 33.8 Å². The van der Waals surface area contributed by atoms with Gasteiger partial charge in [0, 0.05) is 13.1 Å². The SMILES string of the molecule is CCC[C@@H](NC(=O)[C@@H]1[C@@H]2C(CN1C(=O)C(NC(=O)OC(C)(C)C)C1CCCCC1)C2(C)C)C(=O)C(=O)NCCS(=O)(=O)C(C)(C)C. The molecule has 0 aromatic heterocycles.